The van der Waals surface area contributed by atoms with Crippen LogP contribution in [0.2, 0.25) is 0 Å². The minimum Gasteiger partial charge on any atom is -0.346 e. The first-order valence-corrected chi connectivity index (χ1v) is 12.7. The number of aryl methyl sites for hydroxylation is 1. The van der Waals surface area contributed by atoms with Crippen LogP contribution in [0.25, 0.3) is 22.3 Å². The summed E-state index contributed by atoms with van der Waals surface area (Å²) in [4.78, 5) is 4.72. The smallest absolute Gasteiger partial charge is 0.214 e. The van der Waals surface area contributed by atoms with Crippen LogP contribution in [0.1, 0.15) is 18.9 Å². The Morgan fingerprint density at radius 2 is 2.03 bits per heavy atom. The summed E-state index contributed by atoms with van der Waals surface area (Å²) >= 11 is 0. The number of pyridine rings is 1. The van der Waals surface area contributed by atoms with Crippen LogP contribution in [0.15, 0.2) is 61.1 Å². The van der Waals surface area contributed by atoms with Crippen LogP contribution >= 0.6 is 0 Å². The first kappa shape index (κ1) is 21.8. The van der Waals surface area contributed by atoms with Gasteiger partial charge in [-0.1, -0.05) is 18.2 Å². The Kier molecular flexibility index (Phi) is 5.76. The summed E-state index contributed by atoms with van der Waals surface area (Å²) in [5.41, 5.74) is 4.15. The van der Waals surface area contributed by atoms with E-state index in [-0.39, 0.29) is 30.0 Å². The van der Waals surface area contributed by atoms with Crippen LogP contribution in [0.4, 0.5) is 4.39 Å². The molecule has 0 spiro atoms. The largest absolute Gasteiger partial charge is 0.346 e. The summed E-state index contributed by atoms with van der Waals surface area (Å²) in [5, 5.41) is 6.78. The van der Waals surface area contributed by atoms with Gasteiger partial charge >= 0.3 is 0 Å². The lowest BCUT2D eigenvalue weighted by molar-refractivity contribution is 0.399. The molecule has 0 unspecified atom stereocenters. The summed E-state index contributed by atoms with van der Waals surface area (Å²) in [6, 6.07) is 12.3. The number of sulfonamides is 1. The molecule has 1 aliphatic heterocycles. The second-order valence-corrected chi connectivity index (χ2v) is 10.8. The van der Waals surface area contributed by atoms with Gasteiger partial charge in [0.1, 0.15) is 5.82 Å². The standard InChI is InChI=1S/C24H26FN5O2S/c1-17-12-18(16-30(17)33(31,32)11-9-19-4-2-3-5-21(19)25)15-29-10-8-23-24(29)7-6-22(28-23)20-13-26-27-14-20/h2-8,10,13-14,17-18H,9,11-12,15-16H2,1H3,(H,26,27)/t17-,18+/m1/s1. The molecule has 0 saturated carbocycles. The van der Waals surface area contributed by atoms with Gasteiger partial charge in [0.15, 0.2) is 0 Å². The normalized spacial score (nSPS) is 19.5. The number of hydrogen-bond acceptors (Lipinski definition) is 4. The molecule has 4 heterocycles. The second kappa shape index (κ2) is 8.72. The van der Waals surface area contributed by atoms with E-state index in [1.807, 2.05) is 37.5 Å². The molecule has 33 heavy (non-hydrogen) atoms. The molecule has 4 aromatic rings. The molecule has 0 bridgehead atoms. The molecule has 1 aromatic carbocycles. The number of benzene rings is 1. The lowest BCUT2D eigenvalue weighted by Crippen LogP contribution is -2.36. The van der Waals surface area contributed by atoms with Crippen molar-refractivity contribution >= 4 is 21.1 Å². The number of nitrogens with zero attached hydrogens (tertiary/aromatic N) is 4. The van der Waals surface area contributed by atoms with E-state index in [1.54, 1.807) is 28.7 Å². The maximum absolute atomic E-state index is 13.9. The summed E-state index contributed by atoms with van der Waals surface area (Å²) in [5.74, 6) is -0.241. The fourth-order valence-electron chi connectivity index (χ4n) is 4.75. The number of rotatable bonds is 7. The number of H-pyrrole nitrogens is 1. The molecule has 7 nitrogen and oxygen atoms in total. The Morgan fingerprint density at radius 3 is 2.82 bits per heavy atom. The zero-order chi connectivity index (χ0) is 23.0. The molecule has 172 valence electrons. The Hall–Kier alpha value is -3.04. The third-order valence-corrected chi connectivity index (χ3v) is 8.37. The van der Waals surface area contributed by atoms with Gasteiger partial charge in [-0.3, -0.25) is 5.10 Å². The fourth-order valence-corrected chi connectivity index (χ4v) is 6.53. The van der Waals surface area contributed by atoms with Gasteiger partial charge in [-0.2, -0.15) is 9.40 Å². The van der Waals surface area contributed by atoms with E-state index >= 15 is 0 Å². The monoisotopic (exact) mass is 467 g/mol. The topological polar surface area (TPSA) is 83.9 Å². The lowest BCUT2D eigenvalue weighted by atomic mass is 10.1. The van der Waals surface area contributed by atoms with Gasteiger partial charge in [0.25, 0.3) is 0 Å². The third-order valence-electron chi connectivity index (χ3n) is 6.42. The molecule has 5 rings (SSSR count). The van der Waals surface area contributed by atoms with Crippen molar-refractivity contribution < 1.29 is 12.8 Å². The molecular weight excluding hydrogens is 441 g/mol. The average molecular weight is 468 g/mol. The Labute approximate surface area is 192 Å². The predicted molar refractivity (Wildman–Crippen MR) is 125 cm³/mol. The van der Waals surface area contributed by atoms with Crippen molar-refractivity contribution in [2.24, 2.45) is 5.92 Å². The molecule has 0 amide bonds. The molecule has 1 saturated heterocycles. The molecule has 9 heteroatoms. The Bertz CT molecular complexity index is 1370. The average Bonchev–Trinajstić information content (AvgIpc) is 3.54. The maximum Gasteiger partial charge on any atom is 0.214 e. The van der Waals surface area contributed by atoms with Crippen LogP contribution in [0.5, 0.6) is 0 Å². The highest BCUT2D eigenvalue weighted by Gasteiger charge is 2.37. The van der Waals surface area contributed by atoms with Gasteiger partial charge < -0.3 is 4.57 Å². The van der Waals surface area contributed by atoms with E-state index in [1.165, 1.54) is 6.07 Å². The highest BCUT2D eigenvalue weighted by molar-refractivity contribution is 7.89. The summed E-state index contributed by atoms with van der Waals surface area (Å²) in [6.07, 6.45) is 6.53. The molecule has 0 aliphatic carbocycles. The summed E-state index contributed by atoms with van der Waals surface area (Å²) in [6.45, 7) is 3.15. The fraction of sp³-hybridized carbons (Fsp3) is 0.333. The third kappa shape index (κ3) is 4.43. The number of aromatic nitrogens is 4. The van der Waals surface area contributed by atoms with Crippen molar-refractivity contribution in [3.05, 3.63) is 72.4 Å². The molecule has 1 N–H and O–H groups in total. The maximum atomic E-state index is 13.9. The van der Waals surface area contributed by atoms with E-state index in [0.29, 0.717) is 12.1 Å². The highest BCUT2D eigenvalue weighted by Crippen LogP contribution is 2.29. The predicted octanol–water partition coefficient (Wildman–Crippen LogP) is 3.85. The number of aromatic amines is 1. The van der Waals surface area contributed by atoms with Crippen LogP contribution in [0, 0.1) is 11.7 Å². The Morgan fingerprint density at radius 1 is 1.18 bits per heavy atom. The van der Waals surface area contributed by atoms with E-state index in [4.69, 9.17) is 4.98 Å². The van der Waals surface area contributed by atoms with Crippen molar-refractivity contribution in [2.75, 3.05) is 12.3 Å². The van der Waals surface area contributed by atoms with Gasteiger partial charge in [0, 0.05) is 37.1 Å². The van der Waals surface area contributed by atoms with Crippen molar-refractivity contribution in [1.82, 2.24) is 24.1 Å². The lowest BCUT2D eigenvalue weighted by Gasteiger charge is -2.21. The van der Waals surface area contributed by atoms with Crippen LogP contribution in [0.3, 0.4) is 0 Å². The molecule has 2 atom stereocenters. The minimum atomic E-state index is -3.47. The van der Waals surface area contributed by atoms with Crippen molar-refractivity contribution in [3.8, 4) is 11.3 Å². The van der Waals surface area contributed by atoms with Crippen molar-refractivity contribution in [2.45, 2.75) is 32.4 Å². The van der Waals surface area contributed by atoms with Gasteiger partial charge in [0.05, 0.1) is 28.7 Å². The SMILES string of the molecule is C[C@@H]1C[C@@H](Cn2ccc3nc(-c4cn[nH]c4)ccc32)CN1S(=O)(=O)CCc1ccccc1F. The molecule has 1 fully saturated rings. The molecular formula is C24H26FN5O2S. The highest BCUT2D eigenvalue weighted by atomic mass is 32.2. The first-order chi connectivity index (χ1) is 15.9. The van der Waals surface area contributed by atoms with E-state index in [0.717, 1.165) is 35.3 Å². The van der Waals surface area contributed by atoms with Crippen LogP contribution in [-0.2, 0) is 23.0 Å². The molecule has 3 aromatic heterocycles. The van der Waals surface area contributed by atoms with Crippen LogP contribution in [-0.4, -0.2) is 50.8 Å². The summed E-state index contributed by atoms with van der Waals surface area (Å²) < 4.78 is 43.7. The number of fused-ring (bicyclic) bond motifs is 1. The summed E-state index contributed by atoms with van der Waals surface area (Å²) in [7, 11) is -3.47. The molecule has 1 aliphatic rings. The van der Waals surface area contributed by atoms with E-state index in [2.05, 4.69) is 14.8 Å². The van der Waals surface area contributed by atoms with Crippen LogP contribution < -0.4 is 0 Å². The van der Waals surface area contributed by atoms with E-state index in [9.17, 15) is 12.8 Å². The number of hydrogen-bond donors (Lipinski definition) is 1. The van der Waals surface area contributed by atoms with Crippen molar-refractivity contribution in [3.63, 3.8) is 0 Å². The van der Waals surface area contributed by atoms with Gasteiger partial charge in [-0.05, 0) is 55.5 Å². The Balaban J connectivity index is 1.27. The quantitative estimate of drug-likeness (QED) is 0.448. The number of halogens is 1. The minimum absolute atomic E-state index is 0.0757. The van der Waals surface area contributed by atoms with E-state index < -0.39 is 10.0 Å². The van der Waals surface area contributed by atoms with Crippen molar-refractivity contribution in [1.29, 1.82) is 0 Å². The number of nitrogens with one attached hydrogen (secondary N) is 1. The zero-order valence-corrected chi connectivity index (χ0v) is 19.2. The molecule has 0 radical (unpaired) electrons. The zero-order valence-electron chi connectivity index (χ0n) is 18.4. The van der Waals surface area contributed by atoms with Gasteiger partial charge in [0.2, 0.25) is 10.0 Å². The van der Waals surface area contributed by atoms with Gasteiger partial charge in [-0.25, -0.2) is 17.8 Å². The first-order valence-electron chi connectivity index (χ1n) is 11.1. The second-order valence-electron chi connectivity index (χ2n) is 8.73. The van der Waals surface area contributed by atoms with Gasteiger partial charge in [-0.15, -0.1) is 0 Å².